The Labute approximate surface area is 162 Å². The predicted molar refractivity (Wildman–Crippen MR) is 108 cm³/mol. The summed E-state index contributed by atoms with van der Waals surface area (Å²) in [5.41, 5.74) is 1.94. The fourth-order valence-corrected chi connectivity index (χ4v) is 3.19. The molecule has 8 nitrogen and oxygen atoms in total. The first-order chi connectivity index (χ1) is 13.5. The second-order valence-corrected chi connectivity index (χ2v) is 6.46. The van der Waals surface area contributed by atoms with Crippen LogP contribution in [0.5, 0.6) is 0 Å². The lowest BCUT2D eigenvalue weighted by Crippen LogP contribution is -2.22. The largest absolute Gasteiger partial charge is 0.417 e. The molecule has 2 heterocycles. The highest BCUT2D eigenvalue weighted by Crippen LogP contribution is 2.18. The third-order valence-electron chi connectivity index (χ3n) is 4.23. The van der Waals surface area contributed by atoms with Crippen LogP contribution in [0.4, 0.5) is 5.69 Å². The molecule has 140 valence electrons. The van der Waals surface area contributed by atoms with Crippen LogP contribution in [0.2, 0.25) is 0 Å². The van der Waals surface area contributed by atoms with Gasteiger partial charge in [0.2, 0.25) is 0 Å². The number of hydrogen-bond donors (Lipinski definition) is 3. The molecule has 0 spiro atoms. The van der Waals surface area contributed by atoms with Crippen LogP contribution in [0.1, 0.15) is 10.4 Å². The van der Waals surface area contributed by atoms with Gasteiger partial charge < -0.3 is 14.7 Å². The minimum absolute atomic E-state index is 0.250. The number of nitrogens with zero attached hydrogens (tertiary/aromatic N) is 1. The summed E-state index contributed by atoms with van der Waals surface area (Å²) >= 11 is 5.21. The first-order valence-corrected chi connectivity index (χ1v) is 8.69. The number of carbonyl (C=O) groups excluding carboxylic acids is 1. The number of nitrogens with one attached hydrogen (secondary N) is 3. The normalized spacial score (nSPS) is 11.0. The molecular weight excluding hydrogens is 380 g/mol. The number of fused-ring (bicyclic) bond motifs is 2. The number of anilines is 1. The molecule has 1 amide bonds. The number of allylic oxidation sites excluding steroid dienone is 1. The minimum atomic E-state index is -0.564. The lowest BCUT2D eigenvalue weighted by Gasteiger charge is -2.08. The van der Waals surface area contributed by atoms with Crippen molar-refractivity contribution in [1.29, 1.82) is 0 Å². The Balaban J connectivity index is 1.69. The quantitative estimate of drug-likeness (QED) is 0.364. The van der Waals surface area contributed by atoms with E-state index in [1.165, 1.54) is 4.57 Å². The molecule has 0 bridgehead atoms. The molecule has 0 saturated carbocycles. The van der Waals surface area contributed by atoms with E-state index in [1.54, 1.807) is 42.5 Å². The van der Waals surface area contributed by atoms with Crippen LogP contribution in [0, 0.1) is 4.77 Å². The summed E-state index contributed by atoms with van der Waals surface area (Å²) in [4.78, 5) is 41.9. The zero-order valence-corrected chi connectivity index (χ0v) is 15.3. The summed E-state index contributed by atoms with van der Waals surface area (Å²) in [5.74, 6) is -0.938. The number of carbonyl (C=O) groups is 1. The molecule has 0 unspecified atom stereocenters. The summed E-state index contributed by atoms with van der Waals surface area (Å²) in [6.07, 6.45) is 1.59. The van der Waals surface area contributed by atoms with Crippen molar-refractivity contribution in [2.24, 2.45) is 0 Å². The molecule has 3 N–H and O–H groups in total. The van der Waals surface area contributed by atoms with Gasteiger partial charge in [-0.3, -0.25) is 19.1 Å². The van der Waals surface area contributed by atoms with Crippen LogP contribution in [0.3, 0.4) is 0 Å². The number of rotatable bonds is 4. The topological polar surface area (TPSA) is 113 Å². The second kappa shape index (κ2) is 6.78. The molecule has 4 rings (SSSR count). The highest BCUT2D eigenvalue weighted by molar-refractivity contribution is 7.71. The average Bonchev–Trinajstić information content (AvgIpc) is 3.04. The zero-order valence-electron chi connectivity index (χ0n) is 14.4. The number of aromatic nitrogens is 3. The lowest BCUT2D eigenvalue weighted by atomic mass is 10.1. The van der Waals surface area contributed by atoms with Crippen molar-refractivity contribution in [3.05, 3.63) is 80.3 Å². The van der Waals surface area contributed by atoms with Crippen LogP contribution in [0.15, 0.2) is 63.1 Å². The molecule has 0 aliphatic carbocycles. The molecule has 9 heteroatoms. The van der Waals surface area contributed by atoms with E-state index in [-0.39, 0.29) is 16.2 Å². The molecule has 0 aliphatic heterocycles. The fourth-order valence-electron chi connectivity index (χ4n) is 2.92. The van der Waals surface area contributed by atoms with Crippen LogP contribution in [-0.4, -0.2) is 20.4 Å². The van der Waals surface area contributed by atoms with Crippen LogP contribution in [-0.2, 0) is 6.54 Å². The number of benzene rings is 2. The third kappa shape index (κ3) is 3.08. The number of oxazole rings is 1. The lowest BCUT2D eigenvalue weighted by molar-refractivity contribution is 0.102. The smallest absolute Gasteiger partial charge is 0.408 e. The van der Waals surface area contributed by atoms with Crippen molar-refractivity contribution >= 4 is 45.8 Å². The number of aromatic amines is 2. The Bertz CT molecular complexity index is 1420. The Morgan fingerprint density at radius 1 is 1.18 bits per heavy atom. The Morgan fingerprint density at radius 2 is 2.00 bits per heavy atom. The summed E-state index contributed by atoms with van der Waals surface area (Å²) in [6.45, 7) is 3.91. The van der Waals surface area contributed by atoms with Gasteiger partial charge in [-0.1, -0.05) is 6.08 Å². The van der Waals surface area contributed by atoms with Gasteiger partial charge in [0.25, 0.3) is 11.5 Å². The molecule has 2 aromatic carbocycles. The van der Waals surface area contributed by atoms with Crippen molar-refractivity contribution < 1.29 is 9.21 Å². The van der Waals surface area contributed by atoms with Crippen LogP contribution < -0.4 is 16.6 Å². The number of hydrogen-bond acceptors (Lipinski definition) is 5. The second-order valence-electron chi connectivity index (χ2n) is 6.07. The molecule has 0 atom stereocenters. The highest BCUT2D eigenvalue weighted by atomic mass is 32.1. The van der Waals surface area contributed by atoms with E-state index in [0.29, 0.717) is 39.8 Å². The van der Waals surface area contributed by atoms with E-state index in [4.69, 9.17) is 16.6 Å². The fraction of sp³-hybridized carbons (Fsp3) is 0.0526. The molecule has 28 heavy (non-hydrogen) atoms. The van der Waals surface area contributed by atoms with Gasteiger partial charge >= 0.3 is 5.76 Å². The van der Waals surface area contributed by atoms with Gasteiger partial charge in [0.1, 0.15) is 0 Å². The van der Waals surface area contributed by atoms with Crippen LogP contribution >= 0.6 is 12.2 Å². The van der Waals surface area contributed by atoms with Gasteiger partial charge in [0.15, 0.2) is 10.4 Å². The third-order valence-corrected chi connectivity index (χ3v) is 4.56. The highest BCUT2D eigenvalue weighted by Gasteiger charge is 2.11. The SMILES string of the molecule is C=CCn1c(=S)[nH]c2cc(C(=O)Nc3ccc4oc(=O)[nH]c4c3)ccc2c1=O. The Hall–Kier alpha value is -3.72. The van der Waals surface area contributed by atoms with Crippen molar-refractivity contribution in [1.82, 2.24) is 14.5 Å². The predicted octanol–water partition coefficient (Wildman–Crippen LogP) is 2.93. The van der Waals surface area contributed by atoms with Gasteiger partial charge in [0.05, 0.1) is 16.4 Å². The monoisotopic (exact) mass is 394 g/mol. The van der Waals surface area contributed by atoms with Crippen molar-refractivity contribution in [3.8, 4) is 0 Å². The summed E-state index contributed by atoms with van der Waals surface area (Å²) in [6, 6.07) is 9.52. The molecule has 4 aromatic rings. The van der Waals surface area contributed by atoms with Crippen molar-refractivity contribution in [3.63, 3.8) is 0 Å². The maximum Gasteiger partial charge on any atom is 0.417 e. The Morgan fingerprint density at radius 3 is 2.79 bits per heavy atom. The maximum absolute atomic E-state index is 12.6. The average molecular weight is 394 g/mol. The number of H-pyrrole nitrogens is 2. The molecule has 0 radical (unpaired) electrons. The van der Waals surface area contributed by atoms with Gasteiger partial charge in [0, 0.05) is 17.8 Å². The first-order valence-electron chi connectivity index (χ1n) is 8.28. The van der Waals surface area contributed by atoms with Crippen molar-refractivity contribution in [2.75, 3.05) is 5.32 Å². The number of amides is 1. The summed E-state index contributed by atoms with van der Waals surface area (Å²) in [7, 11) is 0. The van der Waals surface area contributed by atoms with Gasteiger partial charge in [-0.25, -0.2) is 4.79 Å². The van der Waals surface area contributed by atoms with Crippen molar-refractivity contribution in [2.45, 2.75) is 6.54 Å². The summed E-state index contributed by atoms with van der Waals surface area (Å²) in [5, 5.41) is 3.17. The van der Waals surface area contributed by atoms with E-state index in [9.17, 15) is 14.4 Å². The van der Waals surface area contributed by atoms with E-state index in [2.05, 4.69) is 21.9 Å². The molecule has 0 aliphatic rings. The van der Waals surface area contributed by atoms with Crippen LogP contribution in [0.25, 0.3) is 22.0 Å². The first kappa shape index (κ1) is 17.7. The maximum atomic E-state index is 12.6. The van der Waals surface area contributed by atoms with E-state index in [0.717, 1.165) is 0 Å². The van der Waals surface area contributed by atoms with E-state index in [1.807, 2.05) is 0 Å². The minimum Gasteiger partial charge on any atom is -0.408 e. The standard InChI is InChI=1S/C19H14N4O4S/c1-2-7-23-17(25)12-5-3-10(8-13(12)21-18(23)28)16(24)20-11-4-6-15-14(9-11)22-19(26)27-15/h2-6,8-9H,1,7H2,(H,20,24)(H,21,28)(H,22,26). The summed E-state index contributed by atoms with van der Waals surface area (Å²) < 4.78 is 6.58. The van der Waals surface area contributed by atoms with Gasteiger partial charge in [-0.2, -0.15) is 0 Å². The van der Waals surface area contributed by atoms with E-state index >= 15 is 0 Å². The van der Waals surface area contributed by atoms with E-state index < -0.39 is 5.76 Å². The zero-order chi connectivity index (χ0) is 19.8. The Kier molecular flexibility index (Phi) is 4.28. The van der Waals surface area contributed by atoms with Gasteiger partial charge in [-0.05, 0) is 48.6 Å². The molecule has 0 saturated heterocycles. The molecular formula is C19H14N4O4S. The molecule has 0 fully saturated rings. The van der Waals surface area contributed by atoms with Gasteiger partial charge in [-0.15, -0.1) is 6.58 Å². The molecule has 2 aromatic heterocycles.